The molecule has 2 amide bonds. The van der Waals surface area contributed by atoms with Crippen molar-refractivity contribution in [2.45, 2.75) is 38.9 Å². The van der Waals surface area contributed by atoms with E-state index in [1.165, 1.54) is 0 Å². The number of hydrogen-bond donors (Lipinski definition) is 2. The van der Waals surface area contributed by atoms with Gasteiger partial charge in [-0.05, 0) is 12.3 Å². The van der Waals surface area contributed by atoms with Gasteiger partial charge < -0.3 is 16.0 Å². The van der Waals surface area contributed by atoms with E-state index >= 15 is 0 Å². The van der Waals surface area contributed by atoms with Crippen molar-refractivity contribution in [3.63, 3.8) is 0 Å². The molecule has 0 aromatic heterocycles. The molecule has 0 aromatic rings. The number of rotatable bonds is 6. The lowest BCUT2D eigenvalue weighted by atomic mass is 10.0. The SMILES string of the molecule is CC(C)CC(CN)NC(=O)C1CC(=O)N(CC(F)(F)F)C1. The van der Waals surface area contributed by atoms with E-state index in [9.17, 15) is 22.8 Å². The maximum atomic E-state index is 12.3. The summed E-state index contributed by atoms with van der Waals surface area (Å²) in [6, 6.07) is -0.218. The van der Waals surface area contributed by atoms with Crippen LogP contribution in [0, 0.1) is 11.8 Å². The lowest BCUT2D eigenvalue weighted by Gasteiger charge is -2.21. The largest absolute Gasteiger partial charge is 0.406 e. The molecule has 1 aliphatic rings. The number of halogens is 3. The van der Waals surface area contributed by atoms with Gasteiger partial charge in [0.15, 0.2) is 0 Å². The zero-order chi connectivity index (χ0) is 16.2. The molecule has 0 bridgehead atoms. The van der Waals surface area contributed by atoms with Crippen LogP contribution in [-0.2, 0) is 9.59 Å². The molecule has 21 heavy (non-hydrogen) atoms. The second-order valence-corrected chi connectivity index (χ2v) is 5.86. The van der Waals surface area contributed by atoms with E-state index in [0.29, 0.717) is 17.2 Å². The molecule has 1 fully saturated rings. The van der Waals surface area contributed by atoms with Crippen molar-refractivity contribution in [3.8, 4) is 0 Å². The molecule has 5 nitrogen and oxygen atoms in total. The monoisotopic (exact) mass is 309 g/mol. The Bertz CT molecular complexity index is 385. The Kier molecular flexibility index (Phi) is 6.00. The minimum atomic E-state index is -4.45. The Balaban J connectivity index is 2.54. The molecule has 2 unspecified atom stereocenters. The Labute approximate surface area is 122 Å². The van der Waals surface area contributed by atoms with E-state index in [2.05, 4.69) is 5.32 Å². The fraction of sp³-hybridized carbons (Fsp3) is 0.846. The summed E-state index contributed by atoms with van der Waals surface area (Å²) in [6.45, 7) is 2.74. The van der Waals surface area contributed by atoms with Crippen LogP contribution < -0.4 is 11.1 Å². The lowest BCUT2D eigenvalue weighted by molar-refractivity contribution is -0.157. The summed E-state index contributed by atoms with van der Waals surface area (Å²) in [5, 5.41) is 2.72. The zero-order valence-corrected chi connectivity index (χ0v) is 12.2. The van der Waals surface area contributed by atoms with E-state index in [1.54, 1.807) is 0 Å². The Morgan fingerprint density at radius 3 is 2.57 bits per heavy atom. The van der Waals surface area contributed by atoms with Crippen molar-refractivity contribution < 1.29 is 22.8 Å². The summed E-state index contributed by atoms with van der Waals surface area (Å²) < 4.78 is 36.9. The van der Waals surface area contributed by atoms with E-state index in [-0.39, 0.29) is 25.6 Å². The predicted octanol–water partition coefficient (Wildman–Crippen LogP) is 0.887. The van der Waals surface area contributed by atoms with Gasteiger partial charge in [-0.25, -0.2) is 0 Å². The van der Waals surface area contributed by atoms with Gasteiger partial charge in [-0.15, -0.1) is 0 Å². The summed E-state index contributed by atoms with van der Waals surface area (Å²) in [6.07, 6.45) is -3.94. The average molecular weight is 309 g/mol. The van der Waals surface area contributed by atoms with Crippen molar-refractivity contribution in [2.75, 3.05) is 19.6 Å². The molecule has 0 aromatic carbocycles. The van der Waals surface area contributed by atoms with Crippen molar-refractivity contribution in [1.82, 2.24) is 10.2 Å². The zero-order valence-electron chi connectivity index (χ0n) is 12.2. The predicted molar refractivity (Wildman–Crippen MR) is 71.2 cm³/mol. The minimum absolute atomic E-state index is 0.180. The van der Waals surface area contributed by atoms with Gasteiger partial charge in [-0.2, -0.15) is 13.2 Å². The van der Waals surface area contributed by atoms with Crippen LogP contribution in [0.4, 0.5) is 13.2 Å². The molecule has 1 aliphatic heterocycles. The molecular weight excluding hydrogens is 287 g/mol. The van der Waals surface area contributed by atoms with Gasteiger partial charge in [0.25, 0.3) is 0 Å². The molecule has 0 aliphatic carbocycles. The summed E-state index contributed by atoms with van der Waals surface area (Å²) >= 11 is 0. The summed E-state index contributed by atoms with van der Waals surface area (Å²) in [7, 11) is 0. The van der Waals surface area contributed by atoms with Crippen LogP contribution in [0.25, 0.3) is 0 Å². The molecule has 1 saturated heterocycles. The van der Waals surface area contributed by atoms with Gasteiger partial charge in [0, 0.05) is 25.6 Å². The number of likely N-dealkylation sites (tertiary alicyclic amines) is 1. The van der Waals surface area contributed by atoms with E-state index < -0.39 is 30.5 Å². The van der Waals surface area contributed by atoms with Crippen molar-refractivity contribution in [2.24, 2.45) is 17.6 Å². The van der Waals surface area contributed by atoms with Gasteiger partial charge in [0.1, 0.15) is 6.54 Å². The molecular formula is C13H22F3N3O2. The highest BCUT2D eigenvalue weighted by Gasteiger charge is 2.40. The quantitative estimate of drug-likeness (QED) is 0.765. The number of alkyl halides is 3. The summed E-state index contributed by atoms with van der Waals surface area (Å²) in [4.78, 5) is 24.2. The fourth-order valence-corrected chi connectivity index (χ4v) is 2.42. The molecule has 2 atom stereocenters. The van der Waals surface area contributed by atoms with Crippen LogP contribution in [0.15, 0.2) is 0 Å². The standard InChI is InChI=1S/C13H22F3N3O2/c1-8(2)3-10(5-17)18-12(21)9-4-11(20)19(6-9)7-13(14,15)16/h8-10H,3-7,17H2,1-2H3,(H,18,21). The highest BCUT2D eigenvalue weighted by molar-refractivity contribution is 5.89. The maximum Gasteiger partial charge on any atom is 0.406 e. The molecule has 0 radical (unpaired) electrons. The smallest absolute Gasteiger partial charge is 0.352 e. The summed E-state index contributed by atoms with van der Waals surface area (Å²) in [5.41, 5.74) is 5.57. The third kappa shape index (κ3) is 5.91. The third-order valence-electron chi connectivity index (χ3n) is 3.34. The van der Waals surface area contributed by atoms with Crippen LogP contribution in [-0.4, -0.2) is 48.6 Å². The first-order valence-corrected chi connectivity index (χ1v) is 6.97. The van der Waals surface area contributed by atoms with Crippen LogP contribution >= 0.6 is 0 Å². The third-order valence-corrected chi connectivity index (χ3v) is 3.34. The van der Waals surface area contributed by atoms with Gasteiger partial charge >= 0.3 is 6.18 Å². The number of hydrogen-bond acceptors (Lipinski definition) is 3. The Hall–Kier alpha value is -1.31. The number of nitrogens with one attached hydrogen (secondary N) is 1. The Morgan fingerprint density at radius 1 is 1.48 bits per heavy atom. The molecule has 1 heterocycles. The Morgan fingerprint density at radius 2 is 2.10 bits per heavy atom. The number of carbonyl (C=O) groups excluding carboxylic acids is 2. The second kappa shape index (κ2) is 7.11. The van der Waals surface area contributed by atoms with Crippen molar-refractivity contribution in [3.05, 3.63) is 0 Å². The first-order valence-electron chi connectivity index (χ1n) is 6.97. The van der Waals surface area contributed by atoms with Crippen LogP contribution in [0.3, 0.4) is 0 Å². The van der Waals surface area contributed by atoms with Crippen molar-refractivity contribution in [1.29, 1.82) is 0 Å². The molecule has 122 valence electrons. The highest BCUT2D eigenvalue weighted by atomic mass is 19.4. The van der Waals surface area contributed by atoms with Crippen LogP contribution in [0.5, 0.6) is 0 Å². The first-order chi connectivity index (χ1) is 9.62. The van der Waals surface area contributed by atoms with Gasteiger partial charge in [-0.3, -0.25) is 9.59 Å². The summed E-state index contributed by atoms with van der Waals surface area (Å²) in [5.74, 6) is -1.43. The van der Waals surface area contributed by atoms with E-state index in [1.807, 2.05) is 13.8 Å². The molecule has 8 heteroatoms. The second-order valence-electron chi connectivity index (χ2n) is 5.86. The molecule has 0 saturated carbocycles. The number of nitrogens with zero attached hydrogens (tertiary/aromatic N) is 1. The number of amides is 2. The lowest BCUT2D eigenvalue weighted by Crippen LogP contribution is -2.44. The molecule has 0 spiro atoms. The van der Waals surface area contributed by atoms with Crippen LogP contribution in [0.2, 0.25) is 0 Å². The molecule has 3 N–H and O–H groups in total. The van der Waals surface area contributed by atoms with Crippen LogP contribution in [0.1, 0.15) is 26.7 Å². The molecule has 1 rings (SSSR count). The minimum Gasteiger partial charge on any atom is -0.352 e. The van der Waals surface area contributed by atoms with E-state index in [0.717, 1.165) is 0 Å². The fourth-order valence-electron chi connectivity index (χ4n) is 2.42. The van der Waals surface area contributed by atoms with Gasteiger partial charge in [-0.1, -0.05) is 13.8 Å². The van der Waals surface area contributed by atoms with E-state index in [4.69, 9.17) is 5.73 Å². The number of carbonyl (C=O) groups is 2. The van der Waals surface area contributed by atoms with Crippen molar-refractivity contribution >= 4 is 11.8 Å². The maximum absolute atomic E-state index is 12.3. The topological polar surface area (TPSA) is 75.4 Å². The van der Waals surface area contributed by atoms with Gasteiger partial charge in [0.05, 0.1) is 5.92 Å². The first kappa shape index (κ1) is 17.7. The highest BCUT2D eigenvalue weighted by Crippen LogP contribution is 2.24. The normalized spacial score (nSPS) is 21.0. The average Bonchev–Trinajstić information content (AvgIpc) is 2.67. The number of nitrogens with two attached hydrogens (primary N) is 1. The van der Waals surface area contributed by atoms with Gasteiger partial charge in [0.2, 0.25) is 11.8 Å².